The van der Waals surface area contributed by atoms with Gasteiger partial charge in [-0.05, 0) is 41.4 Å². The molecule has 1 fully saturated rings. The minimum absolute atomic E-state index is 0.000602. The topological polar surface area (TPSA) is 63.4 Å². The average Bonchev–Trinajstić information content (AvgIpc) is 3.29. The summed E-state index contributed by atoms with van der Waals surface area (Å²) in [5, 5.41) is 5.67. The summed E-state index contributed by atoms with van der Waals surface area (Å²) in [5.41, 5.74) is 4.59. The first kappa shape index (κ1) is 20.1. The number of thiophene rings is 1. The molecule has 1 aromatic carbocycles. The number of hydrogen-bond acceptors (Lipinski definition) is 5. The van der Waals surface area contributed by atoms with Gasteiger partial charge >= 0.3 is 0 Å². The van der Waals surface area contributed by atoms with Crippen molar-refractivity contribution in [1.29, 1.82) is 0 Å². The van der Waals surface area contributed by atoms with E-state index in [4.69, 9.17) is 10.1 Å². The molecule has 7 heteroatoms. The van der Waals surface area contributed by atoms with Crippen LogP contribution < -0.4 is 0 Å². The van der Waals surface area contributed by atoms with Crippen LogP contribution in [0.1, 0.15) is 71.2 Å². The molecule has 3 heterocycles. The molecule has 3 aromatic heterocycles. The SMILES string of the molecule is Cc1c(C(=O)N(C)C)sc2ncn3nc(C4CC4c4ccc(C(C)(C)C)cc4)nc3c12. The van der Waals surface area contributed by atoms with Gasteiger partial charge in [0.05, 0.1) is 10.3 Å². The van der Waals surface area contributed by atoms with Gasteiger partial charge in [-0.3, -0.25) is 4.79 Å². The van der Waals surface area contributed by atoms with E-state index in [1.807, 2.05) is 6.92 Å². The van der Waals surface area contributed by atoms with Crippen LogP contribution in [0.3, 0.4) is 0 Å². The fourth-order valence-electron chi connectivity index (χ4n) is 4.19. The standard InChI is InChI=1S/C24H27N5OS/c1-13-18-21-26-20(17-11-16(17)14-7-9-15(10-8-14)24(2,3)4)27-29(21)12-25-22(18)31-19(13)23(30)28(5)6/h7-10,12,16-17H,11H2,1-6H3. The highest BCUT2D eigenvalue weighted by Gasteiger charge is 2.42. The minimum Gasteiger partial charge on any atom is -0.344 e. The van der Waals surface area contributed by atoms with Gasteiger partial charge in [-0.1, -0.05) is 45.0 Å². The third kappa shape index (κ3) is 3.31. The maximum Gasteiger partial charge on any atom is 0.263 e. The molecule has 31 heavy (non-hydrogen) atoms. The summed E-state index contributed by atoms with van der Waals surface area (Å²) < 4.78 is 1.76. The van der Waals surface area contributed by atoms with E-state index in [2.05, 4.69) is 50.0 Å². The van der Waals surface area contributed by atoms with Gasteiger partial charge in [0.1, 0.15) is 11.2 Å². The molecule has 0 bridgehead atoms. The van der Waals surface area contributed by atoms with Gasteiger partial charge in [0.15, 0.2) is 11.5 Å². The number of nitrogens with zero attached hydrogens (tertiary/aromatic N) is 5. The molecule has 0 N–H and O–H groups in total. The summed E-state index contributed by atoms with van der Waals surface area (Å²) in [7, 11) is 3.54. The van der Waals surface area contributed by atoms with E-state index in [0.29, 0.717) is 16.7 Å². The predicted molar refractivity (Wildman–Crippen MR) is 124 cm³/mol. The Kier molecular flexibility index (Phi) is 4.45. The van der Waals surface area contributed by atoms with Crippen LogP contribution in [0.4, 0.5) is 0 Å². The Hall–Kier alpha value is -2.80. The van der Waals surface area contributed by atoms with E-state index in [1.165, 1.54) is 22.5 Å². The fraction of sp³-hybridized carbons (Fsp3) is 0.417. The number of fused-ring (bicyclic) bond motifs is 3. The van der Waals surface area contributed by atoms with E-state index in [0.717, 1.165) is 33.7 Å². The van der Waals surface area contributed by atoms with Gasteiger partial charge in [0, 0.05) is 20.0 Å². The third-order valence-electron chi connectivity index (χ3n) is 6.21. The summed E-state index contributed by atoms with van der Waals surface area (Å²) in [4.78, 5) is 25.1. The molecule has 5 rings (SSSR count). The van der Waals surface area contributed by atoms with Crippen molar-refractivity contribution >= 4 is 33.1 Å². The average molecular weight is 434 g/mol. The van der Waals surface area contributed by atoms with Gasteiger partial charge in [-0.2, -0.15) is 0 Å². The summed E-state index contributed by atoms with van der Waals surface area (Å²) in [6.07, 6.45) is 2.78. The Labute approximate surface area is 185 Å². The Morgan fingerprint density at radius 3 is 2.52 bits per heavy atom. The summed E-state index contributed by atoms with van der Waals surface area (Å²) in [6, 6.07) is 8.99. The lowest BCUT2D eigenvalue weighted by Crippen LogP contribution is -2.21. The first-order chi connectivity index (χ1) is 14.6. The molecule has 2 atom stereocenters. The molecule has 0 spiro atoms. The Balaban J connectivity index is 1.48. The van der Waals surface area contributed by atoms with Crippen molar-refractivity contribution in [2.45, 2.75) is 51.4 Å². The molecule has 1 aliphatic carbocycles. The fourth-order valence-corrected chi connectivity index (χ4v) is 5.36. The maximum atomic E-state index is 12.5. The van der Waals surface area contributed by atoms with Crippen LogP contribution in [0.15, 0.2) is 30.6 Å². The molecule has 1 saturated carbocycles. The van der Waals surface area contributed by atoms with Gasteiger partial charge < -0.3 is 4.90 Å². The maximum absolute atomic E-state index is 12.5. The van der Waals surface area contributed by atoms with Crippen molar-refractivity contribution in [3.05, 3.63) is 58.0 Å². The van der Waals surface area contributed by atoms with E-state index in [-0.39, 0.29) is 11.3 Å². The van der Waals surface area contributed by atoms with Crippen LogP contribution >= 0.6 is 11.3 Å². The molecule has 0 radical (unpaired) electrons. The predicted octanol–water partition coefficient (Wildman–Crippen LogP) is 4.92. The van der Waals surface area contributed by atoms with E-state index in [9.17, 15) is 4.79 Å². The molecule has 0 aliphatic heterocycles. The van der Waals surface area contributed by atoms with Crippen LogP contribution in [-0.4, -0.2) is 44.5 Å². The van der Waals surface area contributed by atoms with Crippen molar-refractivity contribution in [1.82, 2.24) is 24.5 Å². The molecular weight excluding hydrogens is 406 g/mol. The zero-order valence-corrected chi connectivity index (χ0v) is 19.6. The molecule has 1 amide bonds. The lowest BCUT2D eigenvalue weighted by atomic mass is 9.86. The molecule has 6 nitrogen and oxygen atoms in total. The number of hydrogen-bond donors (Lipinski definition) is 0. The lowest BCUT2D eigenvalue weighted by molar-refractivity contribution is 0.0831. The summed E-state index contributed by atoms with van der Waals surface area (Å²) in [5.74, 6) is 1.66. The third-order valence-corrected chi connectivity index (χ3v) is 7.40. The van der Waals surface area contributed by atoms with Crippen molar-refractivity contribution in [2.75, 3.05) is 14.1 Å². The van der Waals surface area contributed by atoms with E-state index >= 15 is 0 Å². The summed E-state index contributed by atoms with van der Waals surface area (Å²) in [6.45, 7) is 8.69. The van der Waals surface area contributed by atoms with Crippen LogP contribution in [-0.2, 0) is 5.41 Å². The number of rotatable bonds is 3. The first-order valence-electron chi connectivity index (χ1n) is 10.6. The van der Waals surface area contributed by atoms with Crippen LogP contribution in [0.5, 0.6) is 0 Å². The number of carbonyl (C=O) groups excluding carboxylic acids is 1. The lowest BCUT2D eigenvalue weighted by Gasteiger charge is -2.19. The quantitative estimate of drug-likeness (QED) is 0.460. The second kappa shape index (κ2) is 6.85. The smallest absolute Gasteiger partial charge is 0.263 e. The van der Waals surface area contributed by atoms with Crippen LogP contribution in [0.2, 0.25) is 0 Å². The number of benzene rings is 1. The van der Waals surface area contributed by atoms with Crippen molar-refractivity contribution in [3.63, 3.8) is 0 Å². The Morgan fingerprint density at radius 2 is 1.87 bits per heavy atom. The number of aryl methyl sites for hydroxylation is 1. The van der Waals surface area contributed by atoms with Crippen LogP contribution in [0, 0.1) is 6.92 Å². The van der Waals surface area contributed by atoms with Crippen LogP contribution in [0.25, 0.3) is 15.9 Å². The Bertz CT molecular complexity index is 1310. The van der Waals surface area contributed by atoms with Gasteiger partial charge in [-0.25, -0.2) is 14.5 Å². The van der Waals surface area contributed by atoms with Crippen molar-refractivity contribution in [2.24, 2.45) is 0 Å². The van der Waals surface area contributed by atoms with E-state index in [1.54, 1.807) is 29.8 Å². The normalized spacial score (nSPS) is 18.6. The zero-order valence-electron chi connectivity index (χ0n) is 18.8. The molecule has 4 aromatic rings. The first-order valence-corrected chi connectivity index (χ1v) is 11.4. The second-order valence-corrected chi connectivity index (χ2v) is 10.7. The van der Waals surface area contributed by atoms with Crippen molar-refractivity contribution < 1.29 is 4.79 Å². The number of amides is 1. The molecule has 0 saturated heterocycles. The minimum atomic E-state index is -0.000602. The molecule has 160 valence electrons. The number of carbonyl (C=O) groups is 1. The van der Waals surface area contributed by atoms with E-state index < -0.39 is 0 Å². The van der Waals surface area contributed by atoms with Gasteiger partial charge in [0.25, 0.3) is 5.91 Å². The Morgan fingerprint density at radius 1 is 1.16 bits per heavy atom. The zero-order chi connectivity index (χ0) is 22.1. The molecule has 2 unspecified atom stereocenters. The number of aromatic nitrogens is 4. The molecular formula is C24H27N5OS. The molecule has 1 aliphatic rings. The monoisotopic (exact) mass is 433 g/mol. The van der Waals surface area contributed by atoms with Gasteiger partial charge in [0.2, 0.25) is 0 Å². The van der Waals surface area contributed by atoms with Crippen molar-refractivity contribution in [3.8, 4) is 0 Å². The highest BCUT2D eigenvalue weighted by molar-refractivity contribution is 7.20. The highest BCUT2D eigenvalue weighted by Crippen LogP contribution is 2.54. The second-order valence-electron chi connectivity index (χ2n) is 9.74. The highest BCUT2D eigenvalue weighted by atomic mass is 32.1. The van der Waals surface area contributed by atoms with Gasteiger partial charge in [-0.15, -0.1) is 16.4 Å². The summed E-state index contributed by atoms with van der Waals surface area (Å²) >= 11 is 1.43. The largest absolute Gasteiger partial charge is 0.344 e.